The summed E-state index contributed by atoms with van der Waals surface area (Å²) in [6, 6.07) is 0. The van der Waals surface area contributed by atoms with E-state index in [0.717, 1.165) is 12.8 Å². The smallest absolute Gasteiger partial charge is 0.308 e. The zero-order valence-corrected chi connectivity index (χ0v) is 9.69. The molecule has 0 heterocycles. The Balaban J connectivity index is 3.61. The first-order chi connectivity index (χ1) is 7.07. The number of ether oxygens (including phenoxy) is 1. The average molecular weight is 212 g/mol. The van der Waals surface area contributed by atoms with Gasteiger partial charge in [0, 0.05) is 0 Å². The number of aliphatic imine (C=N–C) groups is 1. The van der Waals surface area contributed by atoms with E-state index in [-0.39, 0.29) is 11.9 Å². The van der Waals surface area contributed by atoms with Gasteiger partial charge in [-0.25, -0.2) is 0 Å². The molecule has 86 valence electrons. The SMILES string of the molecule is COC(=O)[C@H](C)CC/C=C\CN=C(C)N. The Morgan fingerprint density at radius 1 is 1.53 bits per heavy atom. The molecular formula is C11H20N2O2. The lowest BCUT2D eigenvalue weighted by Gasteiger charge is -2.05. The number of amidine groups is 1. The normalized spacial score (nSPS) is 14.2. The van der Waals surface area contributed by atoms with Crippen molar-refractivity contribution in [2.45, 2.75) is 26.7 Å². The Bertz CT molecular complexity index is 243. The first-order valence-electron chi connectivity index (χ1n) is 5.07. The van der Waals surface area contributed by atoms with Gasteiger partial charge in [0.1, 0.15) is 0 Å². The molecule has 0 aromatic carbocycles. The second-order valence-corrected chi connectivity index (χ2v) is 3.46. The number of hydrogen-bond donors (Lipinski definition) is 1. The van der Waals surface area contributed by atoms with Crippen molar-refractivity contribution in [1.82, 2.24) is 0 Å². The van der Waals surface area contributed by atoms with Gasteiger partial charge in [0.25, 0.3) is 0 Å². The first-order valence-corrected chi connectivity index (χ1v) is 5.07. The zero-order valence-electron chi connectivity index (χ0n) is 9.69. The summed E-state index contributed by atoms with van der Waals surface area (Å²) in [5, 5.41) is 0. The molecule has 0 aromatic heterocycles. The van der Waals surface area contributed by atoms with Gasteiger partial charge in [-0.3, -0.25) is 9.79 Å². The maximum Gasteiger partial charge on any atom is 0.308 e. The Hall–Kier alpha value is -1.32. The lowest BCUT2D eigenvalue weighted by atomic mass is 10.1. The van der Waals surface area contributed by atoms with Gasteiger partial charge in [0.15, 0.2) is 0 Å². The van der Waals surface area contributed by atoms with Gasteiger partial charge in [-0.15, -0.1) is 0 Å². The molecule has 0 radical (unpaired) electrons. The van der Waals surface area contributed by atoms with Gasteiger partial charge in [-0.2, -0.15) is 0 Å². The fraction of sp³-hybridized carbons (Fsp3) is 0.636. The number of carbonyl (C=O) groups is 1. The van der Waals surface area contributed by atoms with Gasteiger partial charge >= 0.3 is 5.97 Å². The number of rotatable bonds is 6. The van der Waals surface area contributed by atoms with Gasteiger partial charge < -0.3 is 10.5 Å². The summed E-state index contributed by atoms with van der Waals surface area (Å²) in [4.78, 5) is 15.0. The monoisotopic (exact) mass is 212 g/mol. The van der Waals surface area contributed by atoms with Crippen LogP contribution in [0.5, 0.6) is 0 Å². The van der Waals surface area contributed by atoms with E-state index in [0.29, 0.717) is 12.4 Å². The quantitative estimate of drug-likeness (QED) is 0.314. The molecule has 0 amide bonds. The molecular weight excluding hydrogens is 192 g/mol. The third-order valence-electron chi connectivity index (χ3n) is 1.98. The number of methoxy groups -OCH3 is 1. The van der Waals surface area contributed by atoms with Crippen molar-refractivity contribution < 1.29 is 9.53 Å². The molecule has 15 heavy (non-hydrogen) atoms. The van der Waals surface area contributed by atoms with Crippen LogP contribution in [0.1, 0.15) is 26.7 Å². The summed E-state index contributed by atoms with van der Waals surface area (Å²) in [5.74, 6) is 0.390. The minimum atomic E-state index is -0.153. The van der Waals surface area contributed by atoms with E-state index in [1.54, 1.807) is 6.92 Å². The summed E-state index contributed by atoms with van der Waals surface area (Å²) >= 11 is 0. The molecule has 0 bridgehead atoms. The summed E-state index contributed by atoms with van der Waals surface area (Å²) in [6.45, 7) is 4.23. The molecule has 0 unspecified atom stereocenters. The summed E-state index contributed by atoms with van der Waals surface area (Å²) in [7, 11) is 1.41. The predicted octanol–water partition coefficient (Wildman–Crippen LogP) is 1.51. The summed E-state index contributed by atoms with van der Waals surface area (Å²) in [5.41, 5.74) is 5.37. The predicted molar refractivity (Wildman–Crippen MR) is 61.7 cm³/mol. The molecule has 0 saturated heterocycles. The van der Waals surface area contributed by atoms with Gasteiger partial charge in [-0.05, 0) is 19.8 Å². The van der Waals surface area contributed by atoms with Crippen LogP contribution in [-0.4, -0.2) is 25.5 Å². The van der Waals surface area contributed by atoms with Crippen molar-refractivity contribution in [1.29, 1.82) is 0 Å². The van der Waals surface area contributed by atoms with Gasteiger partial charge in [-0.1, -0.05) is 19.1 Å². The molecule has 1 atom stereocenters. The molecule has 4 heteroatoms. The number of nitrogens with zero attached hydrogens (tertiary/aromatic N) is 1. The standard InChI is InChI=1S/C11H20N2O2/c1-9(11(14)15-3)7-5-4-6-8-13-10(2)12/h4,6,9H,5,7-8H2,1-3H3,(H2,12,13)/b6-4-/t9-/m1/s1. The van der Waals surface area contributed by atoms with Crippen molar-refractivity contribution in [3.63, 3.8) is 0 Å². The van der Waals surface area contributed by atoms with E-state index in [1.807, 2.05) is 19.1 Å². The van der Waals surface area contributed by atoms with Gasteiger partial charge in [0.2, 0.25) is 0 Å². The topological polar surface area (TPSA) is 64.7 Å². The Morgan fingerprint density at radius 2 is 2.20 bits per heavy atom. The zero-order chi connectivity index (χ0) is 11.7. The highest BCUT2D eigenvalue weighted by molar-refractivity contribution is 5.77. The number of allylic oxidation sites excluding steroid dienone is 1. The molecule has 0 fully saturated rings. The van der Waals surface area contributed by atoms with E-state index in [9.17, 15) is 4.79 Å². The maximum absolute atomic E-state index is 11.0. The van der Waals surface area contributed by atoms with E-state index in [2.05, 4.69) is 9.73 Å². The van der Waals surface area contributed by atoms with E-state index >= 15 is 0 Å². The highest BCUT2D eigenvalue weighted by atomic mass is 16.5. The number of hydrogen-bond acceptors (Lipinski definition) is 3. The second-order valence-electron chi connectivity index (χ2n) is 3.46. The molecule has 0 aliphatic heterocycles. The van der Waals surface area contributed by atoms with E-state index in [1.165, 1.54) is 7.11 Å². The lowest BCUT2D eigenvalue weighted by Crippen LogP contribution is -2.11. The number of esters is 1. The van der Waals surface area contributed by atoms with Crippen LogP contribution >= 0.6 is 0 Å². The Kier molecular flexibility index (Phi) is 7.32. The molecule has 0 spiro atoms. The fourth-order valence-electron chi connectivity index (χ4n) is 1.05. The largest absolute Gasteiger partial charge is 0.469 e. The molecule has 0 aromatic rings. The highest BCUT2D eigenvalue weighted by Gasteiger charge is 2.10. The van der Waals surface area contributed by atoms with Crippen LogP contribution < -0.4 is 5.73 Å². The molecule has 0 rings (SSSR count). The highest BCUT2D eigenvalue weighted by Crippen LogP contribution is 2.07. The summed E-state index contributed by atoms with van der Waals surface area (Å²) < 4.78 is 4.62. The fourth-order valence-corrected chi connectivity index (χ4v) is 1.05. The van der Waals surface area contributed by atoms with Crippen LogP contribution in [0, 0.1) is 5.92 Å². The Labute approximate surface area is 91.2 Å². The maximum atomic E-state index is 11.0. The van der Waals surface area contributed by atoms with Crippen LogP contribution in [0.3, 0.4) is 0 Å². The molecule has 0 aliphatic carbocycles. The average Bonchev–Trinajstić information content (AvgIpc) is 2.21. The molecule has 0 aliphatic rings. The molecule has 2 N–H and O–H groups in total. The number of nitrogens with two attached hydrogens (primary N) is 1. The molecule has 0 saturated carbocycles. The third-order valence-corrected chi connectivity index (χ3v) is 1.98. The van der Waals surface area contributed by atoms with Crippen molar-refractivity contribution in [2.24, 2.45) is 16.6 Å². The van der Waals surface area contributed by atoms with Crippen LogP contribution in [0.4, 0.5) is 0 Å². The van der Waals surface area contributed by atoms with Crippen molar-refractivity contribution in [2.75, 3.05) is 13.7 Å². The van der Waals surface area contributed by atoms with E-state index in [4.69, 9.17) is 5.73 Å². The first kappa shape index (κ1) is 13.7. The molecule has 4 nitrogen and oxygen atoms in total. The van der Waals surface area contributed by atoms with Crippen LogP contribution in [-0.2, 0) is 9.53 Å². The minimum Gasteiger partial charge on any atom is -0.469 e. The van der Waals surface area contributed by atoms with Crippen LogP contribution in [0.2, 0.25) is 0 Å². The summed E-state index contributed by atoms with van der Waals surface area (Å²) in [6.07, 6.45) is 5.61. The van der Waals surface area contributed by atoms with Crippen molar-refractivity contribution in [3.8, 4) is 0 Å². The Morgan fingerprint density at radius 3 is 2.73 bits per heavy atom. The second kappa shape index (κ2) is 8.03. The van der Waals surface area contributed by atoms with Crippen LogP contribution in [0.25, 0.3) is 0 Å². The van der Waals surface area contributed by atoms with Crippen molar-refractivity contribution in [3.05, 3.63) is 12.2 Å². The lowest BCUT2D eigenvalue weighted by molar-refractivity contribution is -0.144. The van der Waals surface area contributed by atoms with Gasteiger partial charge in [0.05, 0.1) is 25.4 Å². The third kappa shape index (κ3) is 7.73. The van der Waals surface area contributed by atoms with E-state index < -0.39 is 0 Å². The van der Waals surface area contributed by atoms with Crippen LogP contribution in [0.15, 0.2) is 17.1 Å². The number of carbonyl (C=O) groups excluding carboxylic acids is 1. The minimum absolute atomic E-state index is 0.0422. The van der Waals surface area contributed by atoms with Crippen molar-refractivity contribution >= 4 is 11.8 Å².